The van der Waals surface area contributed by atoms with Gasteiger partial charge in [-0.3, -0.25) is 10.1 Å². The molecular weight excluding hydrogens is 306 g/mol. The van der Waals surface area contributed by atoms with Crippen LogP contribution in [0.25, 0.3) is 0 Å². The highest BCUT2D eigenvalue weighted by atomic mass is 35.5. The summed E-state index contributed by atoms with van der Waals surface area (Å²) in [6.45, 7) is 5.34. The van der Waals surface area contributed by atoms with E-state index < -0.39 is 23.1 Å². The van der Waals surface area contributed by atoms with E-state index in [-0.39, 0.29) is 0 Å². The van der Waals surface area contributed by atoms with Crippen LogP contribution in [-0.4, -0.2) is 22.8 Å². The third-order valence-electron chi connectivity index (χ3n) is 3.53. The second-order valence-electron chi connectivity index (χ2n) is 6.70. The molecule has 0 aliphatic heterocycles. The molecule has 2 rings (SSSR count). The van der Waals surface area contributed by atoms with Crippen LogP contribution >= 0.6 is 11.6 Å². The molecule has 1 aliphatic carbocycles. The van der Waals surface area contributed by atoms with Crippen molar-refractivity contribution in [1.82, 2.24) is 0 Å². The van der Waals surface area contributed by atoms with Crippen LogP contribution in [0.1, 0.15) is 39.2 Å². The number of carbonyl (C=O) groups is 2. The molecule has 22 heavy (non-hydrogen) atoms. The van der Waals surface area contributed by atoms with Gasteiger partial charge in [-0.25, -0.2) is 4.79 Å². The number of aliphatic carboxylic acids is 1. The molecule has 0 spiro atoms. The van der Waals surface area contributed by atoms with Gasteiger partial charge in [0.2, 0.25) is 0 Å². The number of carbonyl (C=O) groups excluding carboxylic acids is 1. The summed E-state index contributed by atoms with van der Waals surface area (Å²) >= 11 is 6.14. The van der Waals surface area contributed by atoms with Crippen molar-refractivity contribution in [2.45, 2.75) is 45.6 Å². The Kier molecular flexibility index (Phi) is 4.38. The van der Waals surface area contributed by atoms with Crippen LogP contribution in [0.15, 0.2) is 18.2 Å². The monoisotopic (exact) mass is 325 g/mol. The summed E-state index contributed by atoms with van der Waals surface area (Å²) in [5, 5.41) is 12.4. The highest BCUT2D eigenvalue weighted by Gasteiger charge is 2.50. The summed E-state index contributed by atoms with van der Waals surface area (Å²) in [5.74, 6) is -0.797. The quantitative estimate of drug-likeness (QED) is 0.874. The Morgan fingerprint density at radius 1 is 1.36 bits per heavy atom. The molecule has 0 aromatic heterocycles. The topological polar surface area (TPSA) is 75.6 Å². The fourth-order valence-corrected chi connectivity index (χ4v) is 2.38. The van der Waals surface area contributed by atoms with Gasteiger partial charge >= 0.3 is 12.1 Å². The van der Waals surface area contributed by atoms with Crippen LogP contribution in [-0.2, 0) is 16.0 Å². The van der Waals surface area contributed by atoms with Crippen LogP contribution in [0.4, 0.5) is 10.5 Å². The van der Waals surface area contributed by atoms with Gasteiger partial charge in [-0.2, -0.15) is 0 Å². The Bertz CT molecular complexity index is 603. The number of carboxylic acid groups (broad SMARTS) is 1. The number of anilines is 1. The molecule has 6 heteroatoms. The predicted octanol–water partition coefficient (Wildman–Crippen LogP) is 4.09. The zero-order valence-corrected chi connectivity index (χ0v) is 13.7. The van der Waals surface area contributed by atoms with Crippen molar-refractivity contribution < 1.29 is 19.4 Å². The van der Waals surface area contributed by atoms with Gasteiger partial charge in [0.05, 0.1) is 5.41 Å². The molecule has 0 atom stereocenters. The van der Waals surface area contributed by atoms with Crippen molar-refractivity contribution in [2.24, 2.45) is 5.41 Å². The average Bonchev–Trinajstić information content (AvgIpc) is 3.12. The number of amides is 1. The van der Waals surface area contributed by atoms with E-state index >= 15 is 0 Å². The molecule has 1 fully saturated rings. The van der Waals surface area contributed by atoms with Crippen molar-refractivity contribution >= 4 is 29.4 Å². The first kappa shape index (κ1) is 16.6. The second kappa shape index (κ2) is 5.80. The van der Waals surface area contributed by atoms with Crippen LogP contribution in [0.3, 0.4) is 0 Å². The summed E-state index contributed by atoms with van der Waals surface area (Å²) in [6.07, 6.45) is 1.12. The Morgan fingerprint density at radius 3 is 2.50 bits per heavy atom. The predicted molar refractivity (Wildman–Crippen MR) is 84.3 cm³/mol. The lowest BCUT2D eigenvalue weighted by Crippen LogP contribution is -2.27. The highest BCUT2D eigenvalue weighted by molar-refractivity contribution is 6.31. The molecule has 2 N–H and O–H groups in total. The standard InChI is InChI=1S/C16H20ClNO4/c1-15(2,3)22-14(21)18-11-4-5-12(17)10(8-11)9-16(6-7-16)13(19)20/h4-5,8H,6-7,9H2,1-3H3,(H,18,21)(H,19,20). The molecule has 0 heterocycles. The smallest absolute Gasteiger partial charge is 0.412 e. The van der Waals surface area contributed by atoms with Crippen LogP contribution < -0.4 is 5.32 Å². The number of hydrogen-bond donors (Lipinski definition) is 2. The van der Waals surface area contributed by atoms with Crippen molar-refractivity contribution in [3.05, 3.63) is 28.8 Å². The van der Waals surface area contributed by atoms with E-state index in [4.69, 9.17) is 16.3 Å². The number of carboxylic acids is 1. The lowest BCUT2D eigenvalue weighted by Gasteiger charge is -2.20. The number of nitrogens with one attached hydrogen (secondary N) is 1. The fraction of sp³-hybridized carbons (Fsp3) is 0.500. The Hall–Kier alpha value is -1.75. The minimum absolute atomic E-state index is 0.366. The first-order chi connectivity index (χ1) is 10.1. The van der Waals surface area contributed by atoms with Gasteiger partial charge in [-0.15, -0.1) is 0 Å². The molecule has 1 saturated carbocycles. The van der Waals surface area contributed by atoms with E-state index in [1.54, 1.807) is 39.0 Å². The van der Waals surface area contributed by atoms with Crippen LogP contribution in [0.5, 0.6) is 0 Å². The number of ether oxygens (including phenoxy) is 1. The van der Waals surface area contributed by atoms with Gasteiger partial charge in [-0.05, 0) is 63.8 Å². The SMILES string of the molecule is CC(C)(C)OC(=O)Nc1ccc(Cl)c(CC2(C(=O)O)CC2)c1. The third-order valence-corrected chi connectivity index (χ3v) is 3.90. The Labute approximate surface area is 134 Å². The number of hydrogen-bond acceptors (Lipinski definition) is 3. The first-order valence-electron chi connectivity index (χ1n) is 7.13. The number of rotatable bonds is 4. The van der Waals surface area contributed by atoms with Gasteiger partial charge in [0, 0.05) is 10.7 Å². The summed E-state index contributed by atoms with van der Waals surface area (Å²) in [6, 6.07) is 5.02. The lowest BCUT2D eigenvalue weighted by atomic mass is 9.96. The van der Waals surface area contributed by atoms with Crippen molar-refractivity contribution in [3.63, 3.8) is 0 Å². The largest absolute Gasteiger partial charge is 0.481 e. The zero-order chi connectivity index (χ0) is 16.5. The van der Waals surface area contributed by atoms with E-state index in [1.807, 2.05) is 0 Å². The molecule has 1 aromatic carbocycles. The second-order valence-corrected chi connectivity index (χ2v) is 7.10. The summed E-state index contributed by atoms with van der Waals surface area (Å²) in [4.78, 5) is 23.1. The van der Waals surface area contributed by atoms with Gasteiger partial charge < -0.3 is 9.84 Å². The molecule has 0 unspecified atom stereocenters. The first-order valence-corrected chi connectivity index (χ1v) is 7.51. The van der Waals surface area contributed by atoms with Crippen molar-refractivity contribution in [2.75, 3.05) is 5.32 Å². The maximum Gasteiger partial charge on any atom is 0.412 e. The van der Waals surface area contributed by atoms with Crippen molar-refractivity contribution in [3.8, 4) is 0 Å². The Balaban J connectivity index is 2.10. The highest BCUT2D eigenvalue weighted by Crippen LogP contribution is 2.49. The minimum Gasteiger partial charge on any atom is -0.481 e. The summed E-state index contributed by atoms with van der Waals surface area (Å²) < 4.78 is 5.19. The van der Waals surface area contributed by atoms with Crippen LogP contribution in [0, 0.1) is 5.41 Å². The fourth-order valence-electron chi connectivity index (χ4n) is 2.19. The van der Waals surface area contributed by atoms with Gasteiger partial charge in [0.1, 0.15) is 5.60 Å². The van der Waals surface area contributed by atoms with E-state index in [0.29, 0.717) is 30.0 Å². The Morgan fingerprint density at radius 2 is 2.00 bits per heavy atom. The molecule has 120 valence electrons. The number of halogens is 1. The summed E-state index contributed by atoms with van der Waals surface area (Å²) in [5.41, 5.74) is -0.0282. The van der Waals surface area contributed by atoms with Gasteiger partial charge in [0.15, 0.2) is 0 Å². The molecule has 1 aliphatic rings. The third kappa shape index (κ3) is 4.13. The average molecular weight is 326 g/mol. The van der Waals surface area contributed by atoms with E-state index in [1.165, 1.54) is 0 Å². The van der Waals surface area contributed by atoms with E-state index in [0.717, 1.165) is 5.56 Å². The zero-order valence-electron chi connectivity index (χ0n) is 12.9. The molecule has 0 saturated heterocycles. The maximum atomic E-state index is 11.8. The van der Waals surface area contributed by atoms with E-state index in [2.05, 4.69) is 5.32 Å². The molecule has 1 aromatic rings. The van der Waals surface area contributed by atoms with Gasteiger partial charge in [-0.1, -0.05) is 11.6 Å². The molecule has 0 radical (unpaired) electrons. The van der Waals surface area contributed by atoms with Gasteiger partial charge in [0.25, 0.3) is 0 Å². The molecular formula is C16H20ClNO4. The van der Waals surface area contributed by atoms with Crippen LogP contribution in [0.2, 0.25) is 5.02 Å². The number of benzene rings is 1. The molecule has 5 nitrogen and oxygen atoms in total. The van der Waals surface area contributed by atoms with Crippen molar-refractivity contribution in [1.29, 1.82) is 0 Å². The maximum absolute atomic E-state index is 11.8. The summed E-state index contributed by atoms with van der Waals surface area (Å²) in [7, 11) is 0. The lowest BCUT2D eigenvalue weighted by molar-refractivity contribution is -0.143. The molecule has 0 bridgehead atoms. The molecule has 1 amide bonds. The normalized spacial score (nSPS) is 16.0. The van der Waals surface area contributed by atoms with E-state index in [9.17, 15) is 14.7 Å². The minimum atomic E-state index is -0.797.